The Morgan fingerprint density at radius 1 is 0.857 bits per heavy atom. The number of hydrogen-bond donors (Lipinski definition) is 0. The molecule has 2 aromatic rings. The van der Waals surface area contributed by atoms with E-state index in [9.17, 15) is 4.79 Å². The summed E-state index contributed by atoms with van der Waals surface area (Å²) in [6, 6.07) is 15.3. The third kappa shape index (κ3) is 5.16. The minimum atomic E-state index is -0.788. The molecule has 0 radical (unpaired) electrons. The molecule has 5 nitrogen and oxygen atoms in total. The van der Waals surface area contributed by atoms with Gasteiger partial charge in [-0.25, -0.2) is 4.79 Å². The van der Waals surface area contributed by atoms with Crippen LogP contribution in [-0.4, -0.2) is 19.6 Å². The largest absolute Gasteiger partial charge is 0.519 e. The van der Waals surface area contributed by atoms with Gasteiger partial charge >= 0.3 is 6.16 Å². The zero-order valence-corrected chi connectivity index (χ0v) is 11.7. The molecule has 0 aliphatic rings. The van der Waals surface area contributed by atoms with Crippen LogP contribution in [0.5, 0.6) is 17.2 Å². The Kier molecular flexibility index (Phi) is 5.60. The Labute approximate surface area is 123 Å². The smallest absolute Gasteiger partial charge is 0.468 e. The van der Waals surface area contributed by atoms with Gasteiger partial charge in [0, 0.05) is 6.61 Å². The van der Waals surface area contributed by atoms with Gasteiger partial charge in [0.05, 0.1) is 0 Å². The SMILES string of the molecule is CCOCOc1ccc(OC(=O)Oc2ccccc2)cc1. The average Bonchev–Trinajstić information content (AvgIpc) is 2.50. The van der Waals surface area contributed by atoms with Gasteiger partial charge in [-0.15, -0.1) is 0 Å². The van der Waals surface area contributed by atoms with Gasteiger partial charge in [-0.2, -0.15) is 0 Å². The summed E-state index contributed by atoms with van der Waals surface area (Å²) in [7, 11) is 0. The highest BCUT2D eigenvalue weighted by Crippen LogP contribution is 2.18. The molecule has 0 unspecified atom stereocenters. The quantitative estimate of drug-likeness (QED) is 0.351. The van der Waals surface area contributed by atoms with E-state index in [1.54, 1.807) is 48.5 Å². The van der Waals surface area contributed by atoms with E-state index in [0.29, 0.717) is 23.9 Å². The molecule has 0 amide bonds. The molecule has 0 aromatic heterocycles. The monoisotopic (exact) mass is 288 g/mol. The van der Waals surface area contributed by atoms with E-state index in [0.717, 1.165) is 0 Å². The van der Waals surface area contributed by atoms with Crippen LogP contribution in [0.3, 0.4) is 0 Å². The molecule has 0 atom stereocenters. The van der Waals surface area contributed by atoms with Crippen LogP contribution >= 0.6 is 0 Å². The second kappa shape index (κ2) is 7.91. The molecule has 0 bridgehead atoms. The Balaban J connectivity index is 1.83. The summed E-state index contributed by atoms with van der Waals surface area (Å²) in [5.74, 6) is 1.44. The van der Waals surface area contributed by atoms with Crippen LogP contribution in [0.2, 0.25) is 0 Å². The van der Waals surface area contributed by atoms with Gasteiger partial charge < -0.3 is 18.9 Å². The Bertz CT molecular complexity index is 551. The number of ether oxygens (including phenoxy) is 4. The fourth-order valence-corrected chi connectivity index (χ4v) is 1.50. The van der Waals surface area contributed by atoms with Crippen molar-refractivity contribution in [1.82, 2.24) is 0 Å². The molecule has 0 fully saturated rings. The molecule has 110 valence electrons. The first-order valence-electron chi connectivity index (χ1n) is 6.53. The topological polar surface area (TPSA) is 54.0 Å². The zero-order valence-electron chi connectivity index (χ0n) is 11.7. The van der Waals surface area contributed by atoms with E-state index in [-0.39, 0.29) is 6.79 Å². The normalized spacial score (nSPS) is 9.95. The number of carbonyl (C=O) groups excluding carboxylic acids is 1. The summed E-state index contributed by atoms with van der Waals surface area (Å²) in [5, 5.41) is 0. The van der Waals surface area contributed by atoms with Crippen LogP contribution < -0.4 is 14.2 Å². The van der Waals surface area contributed by atoms with E-state index < -0.39 is 6.16 Å². The van der Waals surface area contributed by atoms with Crippen LogP contribution in [-0.2, 0) is 4.74 Å². The van der Waals surface area contributed by atoms with Crippen molar-refractivity contribution in [2.45, 2.75) is 6.92 Å². The van der Waals surface area contributed by atoms with Gasteiger partial charge in [0.2, 0.25) is 0 Å². The van der Waals surface area contributed by atoms with Crippen molar-refractivity contribution >= 4 is 6.16 Å². The fourth-order valence-electron chi connectivity index (χ4n) is 1.50. The van der Waals surface area contributed by atoms with Crippen molar-refractivity contribution in [3.63, 3.8) is 0 Å². The molecule has 0 spiro atoms. The standard InChI is InChI=1S/C16H16O5/c1-2-18-12-19-13-8-10-15(11-9-13)21-16(17)20-14-6-4-3-5-7-14/h3-11H,2,12H2,1H3. The van der Waals surface area contributed by atoms with Gasteiger partial charge in [0.25, 0.3) is 0 Å². The Morgan fingerprint density at radius 2 is 1.43 bits per heavy atom. The van der Waals surface area contributed by atoms with Gasteiger partial charge in [-0.1, -0.05) is 18.2 Å². The minimum absolute atomic E-state index is 0.187. The van der Waals surface area contributed by atoms with Crippen LogP contribution in [0.25, 0.3) is 0 Å². The van der Waals surface area contributed by atoms with Gasteiger partial charge in [-0.05, 0) is 43.3 Å². The third-order valence-corrected chi connectivity index (χ3v) is 2.48. The molecule has 2 aromatic carbocycles. The minimum Gasteiger partial charge on any atom is -0.468 e. The van der Waals surface area contributed by atoms with Crippen LogP contribution in [0.1, 0.15) is 6.92 Å². The predicted molar refractivity (Wildman–Crippen MR) is 76.7 cm³/mol. The Hall–Kier alpha value is -2.53. The van der Waals surface area contributed by atoms with Gasteiger partial charge in [0.15, 0.2) is 6.79 Å². The van der Waals surface area contributed by atoms with Crippen LogP contribution in [0.15, 0.2) is 54.6 Å². The molecular weight excluding hydrogens is 272 g/mol. The summed E-state index contributed by atoms with van der Waals surface area (Å²) in [5.41, 5.74) is 0. The van der Waals surface area contributed by atoms with Crippen LogP contribution in [0.4, 0.5) is 4.79 Å². The van der Waals surface area contributed by atoms with Crippen molar-refractivity contribution in [2.24, 2.45) is 0 Å². The molecule has 0 N–H and O–H groups in total. The molecular formula is C16H16O5. The second-order valence-corrected chi connectivity index (χ2v) is 3.99. The summed E-state index contributed by atoms with van der Waals surface area (Å²) >= 11 is 0. The Morgan fingerprint density at radius 3 is 2.05 bits per heavy atom. The lowest BCUT2D eigenvalue weighted by molar-refractivity contribution is 0.0224. The third-order valence-electron chi connectivity index (χ3n) is 2.48. The summed E-state index contributed by atoms with van der Waals surface area (Å²) < 4.78 is 20.4. The maximum Gasteiger partial charge on any atom is 0.519 e. The predicted octanol–water partition coefficient (Wildman–Crippen LogP) is 3.64. The molecule has 0 saturated heterocycles. The van der Waals surface area contributed by atoms with Crippen molar-refractivity contribution in [3.05, 3.63) is 54.6 Å². The molecule has 0 aliphatic carbocycles. The highest BCUT2D eigenvalue weighted by molar-refractivity contribution is 5.67. The van der Waals surface area contributed by atoms with Crippen molar-refractivity contribution < 1.29 is 23.7 Å². The van der Waals surface area contributed by atoms with E-state index >= 15 is 0 Å². The summed E-state index contributed by atoms with van der Waals surface area (Å²) in [6.45, 7) is 2.66. The average molecular weight is 288 g/mol. The first kappa shape index (κ1) is 14.9. The lowest BCUT2D eigenvalue weighted by atomic mass is 10.3. The highest BCUT2D eigenvalue weighted by Gasteiger charge is 2.07. The lowest BCUT2D eigenvalue weighted by Gasteiger charge is -2.07. The van der Waals surface area contributed by atoms with E-state index in [1.807, 2.05) is 13.0 Å². The first-order valence-corrected chi connectivity index (χ1v) is 6.53. The number of rotatable bonds is 6. The van der Waals surface area contributed by atoms with Crippen molar-refractivity contribution in [3.8, 4) is 17.2 Å². The van der Waals surface area contributed by atoms with E-state index in [4.69, 9.17) is 18.9 Å². The van der Waals surface area contributed by atoms with Gasteiger partial charge in [-0.3, -0.25) is 0 Å². The lowest BCUT2D eigenvalue weighted by Crippen LogP contribution is -2.13. The molecule has 2 rings (SSSR count). The number of hydrogen-bond acceptors (Lipinski definition) is 5. The summed E-state index contributed by atoms with van der Waals surface area (Å²) in [4.78, 5) is 11.6. The number of carbonyl (C=O) groups is 1. The molecule has 0 saturated carbocycles. The maximum atomic E-state index is 11.6. The molecule has 0 aliphatic heterocycles. The second-order valence-electron chi connectivity index (χ2n) is 3.99. The first-order chi connectivity index (χ1) is 10.3. The highest BCUT2D eigenvalue weighted by atomic mass is 16.7. The summed E-state index contributed by atoms with van der Waals surface area (Å²) in [6.07, 6.45) is -0.788. The molecule has 5 heteroatoms. The number of para-hydroxylation sites is 1. The van der Waals surface area contributed by atoms with E-state index in [1.165, 1.54) is 0 Å². The zero-order chi connectivity index (χ0) is 14.9. The molecule has 21 heavy (non-hydrogen) atoms. The molecule has 0 heterocycles. The number of benzene rings is 2. The van der Waals surface area contributed by atoms with Crippen molar-refractivity contribution in [2.75, 3.05) is 13.4 Å². The van der Waals surface area contributed by atoms with Gasteiger partial charge in [0.1, 0.15) is 17.2 Å². The maximum absolute atomic E-state index is 11.6. The van der Waals surface area contributed by atoms with Crippen molar-refractivity contribution in [1.29, 1.82) is 0 Å². The van der Waals surface area contributed by atoms with Crippen LogP contribution in [0, 0.1) is 0 Å². The fraction of sp³-hybridized carbons (Fsp3) is 0.188. The van der Waals surface area contributed by atoms with E-state index in [2.05, 4.69) is 0 Å².